The number of carbonyl (C=O) groups is 1. The zero-order valence-corrected chi connectivity index (χ0v) is 15.0. The van der Waals surface area contributed by atoms with Crippen LogP contribution in [0.2, 0.25) is 0 Å². The SMILES string of the molecule is CO[C@H]1CCN(Cc2nc(C(=O)NCCc3c(C)n[nH]c3C)co2)C1. The highest BCUT2D eigenvalue weighted by Gasteiger charge is 2.23. The number of nitrogens with one attached hydrogen (secondary N) is 2. The normalized spacial score (nSPS) is 18.0. The van der Waals surface area contributed by atoms with Gasteiger partial charge in [-0.1, -0.05) is 0 Å². The Morgan fingerprint density at radius 1 is 1.52 bits per heavy atom. The lowest BCUT2D eigenvalue weighted by atomic mass is 10.1. The largest absolute Gasteiger partial charge is 0.447 e. The standard InChI is InChI=1S/C17H25N5O3/c1-11-14(12(2)21-20-11)4-6-18-17(23)15-10-25-16(19-15)9-22-7-5-13(8-22)24-3/h10,13H,4-9H2,1-3H3,(H,18,23)(H,20,21)/t13-/m0/s1. The molecule has 1 aliphatic heterocycles. The Labute approximate surface area is 146 Å². The van der Waals surface area contributed by atoms with Crippen LogP contribution in [0, 0.1) is 13.8 Å². The average Bonchev–Trinajstić information content (AvgIpc) is 3.31. The fourth-order valence-electron chi connectivity index (χ4n) is 3.15. The molecule has 0 radical (unpaired) electrons. The van der Waals surface area contributed by atoms with Gasteiger partial charge in [0, 0.05) is 32.4 Å². The minimum atomic E-state index is -0.218. The Bertz CT molecular complexity index is 704. The summed E-state index contributed by atoms with van der Waals surface area (Å²) in [5, 5.41) is 9.98. The number of aromatic amines is 1. The number of rotatable bonds is 7. The Morgan fingerprint density at radius 3 is 3.04 bits per heavy atom. The van der Waals surface area contributed by atoms with Gasteiger partial charge in [-0.3, -0.25) is 14.8 Å². The van der Waals surface area contributed by atoms with Gasteiger partial charge in [0.15, 0.2) is 5.69 Å². The van der Waals surface area contributed by atoms with E-state index < -0.39 is 0 Å². The molecule has 8 heteroatoms. The van der Waals surface area contributed by atoms with Gasteiger partial charge in [0.05, 0.1) is 18.3 Å². The second kappa shape index (κ2) is 7.79. The maximum Gasteiger partial charge on any atom is 0.273 e. The lowest BCUT2D eigenvalue weighted by molar-refractivity contribution is 0.0948. The van der Waals surface area contributed by atoms with Crippen LogP contribution in [0.15, 0.2) is 10.7 Å². The molecule has 0 saturated carbocycles. The number of aromatic nitrogens is 3. The van der Waals surface area contributed by atoms with E-state index >= 15 is 0 Å². The molecule has 2 aromatic heterocycles. The number of oxazole rings is 1. The Kier molecular flexibility index (Phi) is 5.50. The van der Waals surface area contributed by atoms with Gasteiger partial charge in [0.2, 0.25) is 5.89 Å². The van der Waals surface area contributed by atoms with Crippen LogP contribution >= 0.6 is 0 Å². The van der Waals surface area contributed by atoms with Crippen molar-refractivity contribution in [3.05, 3.63) is 34.8 Å². The van der Waals surface area contributed by atoms with Crippen LogP contribution in [0.25, 0.3) is 0 Å². The molecule has 1 saturated heterocycles. The van der Waals surface area contributed by atoms with Gasteiger partial charge in [-0.15, -0.1) is 0 Å². The van der Waals surface area contributed by atoms with Gasteiger partial charge in [-0.05, 0) is 32.3 Å². The summed E-state index contributed by atoms with van der Waals surface area (Å²) in [6.45, 7) is 6.88. The molecule has 1 amide bonds. The van der Waals surface area contributed by atoms with E-state index in [1.54, 1.807) is 7.11 Å². The lowest BCUT2D eigenvalue weighted by Gasteiger charge is -2.12. The summed E-state index contributed by atoms with van der Waals surface area (Å²) in [6, 6.07) is 0. The fourth-order valence-corrected chi connectivity index (χ4v) is 3.15. The van der Waals surface area contributed by atoms with Crippen LogP contribution in [-0.2, 0) is 17.7 Å². The molecule has 0 bridgehead atoms. The summed E-state index contributed by atoms with van der Waals surface area (Å²) in [5.41, 5.74) is 3.46. The maximum absolute atomic E-state index is 12.2. The van der Waals surface area contributed by atoms with Crippen LogP contribution < -0.4 is 5.32 Å². The molecule has 0 aromatic carbocycles. The van der Waals surface area contributed by atoms with E-state index in [4.69, 9.17) is 9.15 Å². The van der Waals surface area contributed by atoms with Crippen molar-refractivity contribution in [1.29, 1.82) is 0 Å². The molecular formula is C17H25N5O3. The minimum absolute atomic E-state index is 0.218. The van der Waals surface area contributed by atoms with Gasteiger partial charge in [-0.25, -0.2) is 4.98 Å². The number of carbonyl (C=O) groups excluding carboxylic acids is 1. The predicted molar refractivity (Wildman–Crippen MR) is 91.3 cm³/mol. The average molecular weight is 347 g/mol. The number of methoxy groups -OCH3 is 1. The Hall–Kier alpha value is -2.19. The first-order valence-electron chi connectivity index (χ1n) is 8.55. The molecule has 8 nitrogen and oxygen atoms in total. The van der Waals surface area contributed by atoms with Crippen molar-refractivity contribution >= 4 is 5.91 Å². The summed E-state index contributed by atoms with van der Waals surface area (Å²) in [6.07, 6.45) is 3.43. The third kappa shape index (κ3) is 4.26. The molecule has 1 atom stereocenters. The van der Waals surface area contributed by atoms with Crippen molar-refractivity contribution in [1.82, 2.24) is 25.4 Å². The molecule has 2 N–H and O–H groups in total. The van der Waals surface area contributed by atoms with Crippen molar-refractivity contribution < 1.29 is 13.9 Å². The summed E-state index contributed by atoms with van der Waals surface area (Å²) < 4.78 is 10.8. The number of hydrogen-bond acceptors (Lipinski definition) is 6. The Balaban J connectivity index is 1.47. The van der Waals surface area contributed by atoms with Crippen LogP contribution in [-0.4, -0.2) is 58.8 Å². The highest BCUT2D eigenvalue weighted by molar-refractivity contribution is 5.91. The van der Waals surface area contributed by atoms with E-state index in [0.717, 1.165) is 42.9 Å². The van der Waals surface area contributed by atoms with Crippen molar-refractivity contribution in [2.75, 3.05) is 26.7 Å². The monoisotopic (exact) mass is 347 g/mol. The first-order valence-corrected chi connectivity index (χ1v) is 8.55. The Morgan fingerprint density at radius 2 is 2.36 bits per heavy atom. The molecule has 3 heterocycles. The van der Waals surface area contributed by atoms with Crippen LogP contribution in [0.1, 0.15) is 39.8 Å². The van der Waals surface area contributed by atoms with Crippen molar-refractivity contribution in [2.45, 2.75) is 39.3 Å². The van der Waals surface area contributed by atoms with Crippen LogP contribution in [0.5, 0.6) is 0 Å². The molecular weight excluding hydrogens is 322 g/mol. The third-order valence-corrected chi connectivity index (χ3v) is 4.65. The van der Waals surface area contributed by atoms with E-state index in [1.807, 2.05) is 13.8 Å². The zero-order chi connectivity index (χ0) is 17.8. The number of aryl methyl sites for hydroxylation is 2. The molecule has 0 unspecified atom stereocenters. The summed E-state index contributed by atoms with van der Waals surface area (Å²) in [5.74, 6) is 0.341. The first kappa shape index (κ1) is 17.6. The number of ether oxygens (including phenoxy) is 1. The second-order valence-electron chi connectivity index (χ2n) is 6.43. The fraction of sp³-hybridized carbons (Fsp3) is 0.588. The van der Waals surface area contributed by atoms with Crippen molar-refractivity contribution in [3.63, 3.8) is 0 Å². The van der Waals surface area contributed by atoms with E-state index in [-0.39, 0.29) is 12.0 Å². The van der Waals surface area contributed by atoms with Crippen molar-refractivity contribution in [3.8, 4) is 0 Å². The van der Waals surface area contributed by atoms with E-state index in [0.29, 0.717) is 24.7 Å². The van der Waals surface area contributed by atoms with E-state index in [1.165, 1.54) is 6.26 Å². The van der Waals surface area contributed by atoms with Crippen LogP contribution in [0.4, 0.5) is 0 Å². The first-order chi connectivity index (χ1) is 12.1. The predicted octanol–water partition coefficient (Wildman–Crippen LogP) is 1.21. The quantitative estimate of drug-likeness (QED) is 0.781. The minimum Gasteiger partial charge on any atom is -0.447 e. The number of likely N-dealkylation sites (tertiary alicyclic amines) is 1. The molecule has 1 aliphatic rings. The molecule has 25 heavy (non-hydrogen) atoms. The van der Waals surface area contributed by atoms with E-state index in [2.05, 4.69) is 25.4 Å². The summed E-state index contributed by atoms with van der Waals surface area (Å²) in [7, 11) is 1.73. The van der Waals surface area contributed by atoms with Gasteiger partial charge in [0.25, 0.3) is 5.91 Å². The number of amides is 1. The highest BCUT2D eigenvalue weighted by atomic mass is 16.5. The van der Waals surface area contributed by atoms with Crippen LogP contribution in [0.3, 0.4) is 0 Å². The molecule has 0 spiro atoms. The molecule has 136 valence electrons. The van der Waals surface area contributed by atoms with Gasteiger partial charge < -0.3 is 14.5 Å². The van der Waals surface area contributed by atoms with Gasteiger partial charge in [0.1, 0.15) is 6.26 Å². The molecule has 1 fully saturated rings. The summed E-state index contributed by atoms with van der Waals surface area (Å²) >= 11 is 0. The smallest absolute Gasteiger partial charge is 0.273 e. The number of nitrogens with zero attached hydrogens (tertiary/aromatic N) is 3. The topological polar surface area (TPSA) is 96.3 Å². The van der Waals surface area contributed by atoms with Crippen molar-refractivity contribution in [2.24, 2.45) is 0 Å². The molecule has 0 aliphatic carbocycles. The lowest BCUT2D eigenvalue weighted by Crippen LogP contribution is -2.26. The third-order valence-electron chi connectivity index (χ3n) is 4.65. The zero-order valence-electron chi connectivity index (χ0n) is 15.0. The number of hydrogen-bond donors (Lipinski definition) is 2. The number of H-pyrrole nitrogens is 1. The van der Waals surface area contributed by atoms with Gasteiger partial charge in [-0.2, -0.15) is 5.10 Å². The summed E-state index contributed by atoms with van der Waals surface area (Å²) in [4.78, 5) is 18.7. The van der Waals surface area contributed by atoms with E-state index in [9.17, 15) is 4.79 Å². The molecule has 3 rings (SSSR count). The second-order valence-corrected chi connectivity index (χ2v) is 6.43. The maximum atomic E-state index is 12.2. The molecule has 2 aromatic rings. The highest BCUT2D eigenvalue weighted by Crippen LogP contribution is 2.15. The van der Waals surface area contributed by atoms with Gasteiger partial charge >= 0.3 is 0 Å².